The Labute approximate surface area is 272 Å². The van der Waals surface area contributed by atoms with Crippen LogP contribution < -0.4 is 20.1 Å². The molecule has 3 amide bonds. The Morgan fingerprint density at radius 1 is 1.00 bits per heavy atom. The molecule has 10 nitrogen and oxygen atoms in total. The van der Waals surface area contributed by atoms with Gasteiger partial charge in [0.25, 0.3) is 5.91 Å². The lowest BCUT2D eigenvalue weighted by Crippen LogP contribution is -2.42. The van der Waals surface area contributed by atoms with E-state index >= 15 is 0 Å². The molecule has 0 unspecified atom stereocenters. The summed E-state index contributed by atoms with van der Waals surface area (Å²) in [4.78, 5) is 39.9. The molecule has 1 fully saturated rings. The predicted octanol–water partition coefficient (Wildman–Crippen LogP) is 5.46. The molecule has 1 saturated carbocycles. The molecule has 46 heavy (non-hydrogen) atoms. The van der Waals surface area contributed by atoms with Crippen molar-refractivity contribution in [3.05, 3.63) is 65.9 Å². The Morgan fingerprint density at radius 3 is 2.39 bits per heavy atom. The lowest BCUT2D eigenvalue weighted by molar-refractivity contribution is -0.131. The van der Waals surface area contributed by atoms with Gasteiger partial charge < -0.3 is 25.0 Å². The van der Waals surface area contributed by atoms with E-state index in [-0.39, 0.29) is 42.3 Å². The third-order valence-electron chi connectivity index (χ3n) is 8.33. The van der Waals surface area contributed by atoms with E-state index in [4.69, 9.17) is 14.6 Å². The van der Waals surface area contributed by atoms with Crippen LogP contribution in [-0.2, 0) is 22.7 Å². The topological polar surface area (TPSA) is 115 Å². The number of methoxy groups -OCH3 is 1. The van der Waals surface area contributed by atoms with Gasteiger partial charge in [-0.3, -0.25) is 19.1 Å². The van der Waals surface area contributed by atoms with Crippen LogP contribution in [0.15, 0.2) is 54.6 Å². The molecule has 1 aliphatic carbocycles. The molecular weight excluding hydrogens is 582 g/mol. The van der Waals surface area contributed by atoms with Crippen LogP contribution in [0.2, 0.25) is 0 Å². The van der Waals surface area contributed by atoms with Gasteiger partial charge in [0, 0.05) is 33.1 Å². The third-order valence-corrected chi connectivity index (χ3v) is 8.33. The number of likely N-dealkylation sites (N-methyl/N-ethyl adjacent to an activating group) is 1. The van der Waals surface area contributed by atoms with Gasteiger partial charge in [0.05, 0.1) is 24.9 Å². The number of hydrogen-bond donors (Lipinski definition) is 2. The van der Waals surface area contributed by atoms with Gasteiger partial charge in [-0.2, -0.15) is 5.10 Å². The molecule has 1 heterocycles. The number of rotatable bonds is 15. The first-order valence-corrected chi connectivity index (χ1v) is 16.3. The second-order valence-corrected chi connectivity index (χ2v) is 12.8. The van der Waals surface area contributed by atoms with Crippen molar-refractivity contribution in [2.75, 3.05) is 27.7 Å². The molecule has 0 spiro atoms. The molecule has 0 saturated heterocycles. The smallest absolute Gasteiger partial charge is 0.272 e. The number of carbonyl (C=O) groups excluding carboxylic acids is 3. The molecule has 1 aromatic heterocycles. The fourth-order valence-electron chi connectivity index (χ4n) is 5.92. The fourth-order valence-corrected chi connectivity index (χ4v) is 5.92. The normalized spacial score (nSPS) is 14.0. The second kappa shape index (κ2) is 16.8. The van der Waals surface area contributed by atoms with Gasteiger partial charge in [-0.25, -0.2) is 0 Å². The standard InChI is InChI=1S/C36H49N5O5/c1-25(2)19-28(20-33(42)37-22-34(43)40(3)4)38-36(44)29-21-30(41(39-29)23-26-13-8-6-9-14-26)35-31(45-5)17-12-18-32(35)46-24-27-15-10-7-11-16-27/h7,10-12,15-18,21,25-26,28H,6,8-9,13-14,19-20,22-24H2,1-5H3,(H,37,42)(H,38,44)/t28-/m0/s1. The van der Waals surface area contributed by atoms with Crippen molar-refractivity contribution < 1.29 is 23.9 Å². The Kier molecular flexibility index (Phi) is 12.6. The van der Waals surface area contributed by atoms with E-state index in [1.165, 1.54) is 24.2 Å². The summed E-state index contributed by atoms with van der Waals surface area (Å²) in [6.45, 7) is 5.06. The number of nitrogens with one attached hydrogen (secondary N) is 2. The van der Waals surface area contributed by atoms with Crippen molar-refractivity contribution in [2.45, 2.75) is 78.0 Å². The monoisotopic (exact) mass is 631 g/mol. The van der Waals surface area contributed by atoms with Crippen molar-refractivity contribution in [1.82, 2.24) is 25.3 Å². The number of hydrogen-bond acceptors (Lipinski definition) is 6. The molecule has 0 radical (unpaired) electrons. The Morgan fingerprint density at radius 2 is 1.72 bits per heavy atom. The second-order valence-electron chi connectivity index (χ2n) is 12.8. The lowest BCUT2D eigenvalue weighted by Gasteiger charge is -2.23. The highest BCUT2D eigenvalue weighted by Crippen LogP contribution is 2.40. The van der Waals surface area contributed by atoms with Crippen LogP contribution in [0.1, 0.15) is 74.8 Å². The quantitative estimate of drug-likeness (QED) is 0.230. The van der Waals surface area contributed by atoms with E-state index in [0.717, 1.165) is 29.7 Å². The summed E-state index contributed by atoms with van der Waals surface area (Å²) in [5.41, 5.74) is 2.80. The summed E-state index contributed by atoms with van der Waals surface area (Å²) >= 11 is 0. The number of amides is 3. The minimum atomic E-state index is -0.426. The summed E-state index contributed by atoms with van der Waals surface area (Å²) < 4.78 is 14.1. The van der Waals surface area contributed by atoms with E-state index in [1.54, 1.807) is 27.3 Å². The van der Waals surface area contributed by atoms with Crippen LogP contribution in [0.4, 0.5) is 0 Å². The third kappa shape index (κ3) is 9.83. The molecule has 0 bridgehead atoms. The fraction of sp³-hybridized carbons (Fsp3) is 0.500. The predicted molar refractivity (Wildman–Crippen MR) is 179 cm³/mol. The van der Waals surface area contributed by atoms with Crippen molar-refractivity contribution in [2.24, 2.45) is 11.8 Å². The van der Waals surface area contributed by atoms with Gasteiger partial charge in [-0.15, -0.1) is 0 Å². The molecule has 248 valence electrons. The average Bonchev–Trinajstić information content (AvgIpc) is 3.46. The molecule has 1 atom stereocenters. The number of benzene rings is 2. The van der Waals surface area contributed by atoms with E-state index < -0.39 is 6.04 Å². The Hall–Kier alpha value is -4.34. The zero-order valence-electron chi connectivity index (χ0n) is 27.9. The largest absolute Gasteiger partial charge is 0.496 e. The number of nitrogens with zero attached hydrogens (tertiary/aromatic N) is 3. The zero-order valence-corrected chi connectivity index (χ0v) is 27.9. The minimum Gasteiger partial charge on any atom is -0.496 e. The molecule has 1 aliphatic rings. The van der Waals surface area contributed by atoms with Crippen molar-refractivity contribution >= 4 is 17.7 Å². The van der Waals surface area contributed by atoms with Gasteiger partial charge in [-0.05, 0) is 54.9 Å². The first-order valence-electron chi connectivity index (χ1n) is 16.3. The maximum absolute atomic E-state index is 13.8. The average molecular weight is 632 g/mol. The Balaban J connectivity index is 1.62. The maximum atomic E-state index is 13.8. The van der Waals surface area contributed by atoms with Crippen LogP contribution in [0.25, 0.3) is 11.3 Å². The van der Waals surface area contributed by atoms with Crippen LogP contribution in [0, 0.1) is 11.8 Å². The van der Waals surface area contributed by atoms with Crippen molar-refractivity contribution in [1.29, 1.82) is 0 Å². The van der Waals surface area contributed by atoms with Gasteiger partial charge >= 0.3 is 0 Å². The van der Waals surface area contributed by atoms with Crippen LogP contribution in [-0.4, -0.2) is 66.2 Å². The first kappa shape index (κ1) is 34.5. The van der Waals surface area contributed by atoms with E-state index in [9.17, 15) is 14.4 Å². The van der Waals surface area contributed by atoms with Crippen molar-refractivity contribution in [3.8, 4) is 22.8 Å². The lowest BCUT2D eigenvalue weighted by atomic mass is 9.89. The molecule has 0 aliphatic heterocycles. The van der Waals surface area contributed by atoms with Crippen molar-refractivity contribution in [3.63, 3.8) is 0 Å². The van der Waals surface area contributed by atoms with E-state index in [1.807, 2.05) is 67.1 Å². The number of carbonyl (C=O) groups is 3. The highest BCUT2D eigenvalue weighted by Gasteiger charge is 2.26. The molecule has 2 aromatic carbocycles. The molecular formula is C36H49N5O5. The van der Waals surface area contributed by atoms with Gasteiger partial charge in [-0.1, -0.05) is 69.5 Å². The van der Waals surface area contributed by atoms with Gasteiger partial charge in [0.2, 0.25) is 11.8 Å². The van der Waals surface area contributed by atoms with E-state index in [2.05, 4.69) is 10.6 Å². The van der Waals surface area contributed by atoms with E-state index in [0.29, 0.717) is 37.0 Å². The number of aromatic nitrogens is 2. The van der Waals surface area contributed by atoms with Gasteiger partial charge in [0.1, 0.15) is 18.1 Å². The number of ether oxygens (including phenoxy) is 2. The molecule has 4 rings (SSSR count). The summed E-state index contributed by atoms with van der Waals surface area (Å²) in [5.74, 6) is 1.11. The van der Waals surface area contributed by atoms with Crippen LogP contribution in [0.3, 0.4) is 0 Å². The highest BCUT2D eigenvalue weighted by molar-refractivity contribution is 5.94. The molecule has 2 N–H and O–H groups in total. The zero-order chi connectivity index (χ0) is 33.1. The van der Waals surface area contributed by atoms with Gasteiger partial charge in [0.15, 0.2) is 5.69 Å². The molecule has 3 aromatic rings. The SMILES string of the molecule is COc1cccc(OCc2ccccc2)c1-c1cc(C(=O)N[C@H](CC(=O)NCC(=O)N(C)C)CC(C)C)nn1CC1CCCCC1. The maximum Gasteiger partial charge on any atom is 0.272 e. The minimum absolute atomic E-state index is 0.0598. The summed E-state index contributed by atoms with van der Waals surface area (Å²) in [6, 6.07) is 17.0. The Bertz CT molecular complexity index is 1450. The molecule has 10 heteroatoms. The van der Waals surface area contributed by atoms with Crippen LogP contribution >= 0.6 is 0 Å². The summed E-state index contributed by atoms with van der Waals surface area (Å²) in [6.07, 6.45) is 6.51. The van der Waals surface area contributed by atoms with Crippen LogP contribution in [0.5, 0.6) is 11.5 Å². The highest BCUT2D eigenvalue weighted by atomic mass is 16.5. The summed E-state index contributed by atoms with van der Waals surface area (Å²) in [5, 5.41) is 10.6. The first-order chi connectivity index (χ1) is 22.1. The summed E-state index contributed by atoms with van der Waals surface area (Å²) in [7, 11) is 4.91.